The second-order valence-electron chi connectivity index (χ2n) is 7.89. The van der Waals surface area contributed by atoms with Crippen molar-refractivity contribution < 1.29 is 23.9 Å². The summed E-state index contributed by atoms with van der Waals surface area (Å²) in [5, 5.41) is -0.325. The van der Waals surface area contributed by atoms with Gasteiger partial charge in [-0.3, -0.25) is 14.5 Å². The van der Waals surface area contributed by atoms with Gasteiger partial charge in [0.15, 0.2) is 0 Å². The van der Waals surface area contributed by atoms with Gasteiger partial charge >= 0.3 is 5.97 Å². The highest BCUT2D eigenvalue weighted by molar-refractivity contribution is 14.1. The summed E-state index contributed by atoms with van der Waals surface area (Å²) in [5.41, 5.74) is 3.29. The molecule has 0 radical (unpaired) electrons. The molecule has 6 nitrogen and oxygen atoms in total. The summed E-state index contributed by atoms with van der Waals surface area (Å²) >= 11 is 2.99. The number of amides is 2. The Bertz CT molecular complexity index is 1320. The average molecular weight is 599 g/mol. The van der Waals surface area contributed by atoms with Crippen LogP contribution in [0.1, 0.15) is 27.0 Å². The second kappa shape index (κ2) is 11.1. The van der Waals surface area contributed by atoms with Gasteiger partial charge in [0.1, 0.15) is 18.1 Å². The summed E-state index contributed by atoms with van der Waals surface area (Å²) in [6, 6.07) is 19.9. The molecular formula is C27H22INO5S. The van der Waals surface area contributed by atoms with Crippen molar-refractivity contribution in [3.63, 3.8) is 0 Å². The fourth-order valence-corrected chi connectivity index (χ4v) is 4.85. The Hall–Kier alpha value is -3.11. The third kappa shape index (κ3) is 6.12. The highest BCUT2D eigenvalue weighted by Gasteiger charge is 2.34. The molecule has 0 spiro atoms. The number of aryl methyl sites for hydroxylation is 2. The second-order valence-corrected chi connectivity index (χ2v) is 10.0. The van der Waals surface area contributed by atoms with Gasteiger partial charge in [-0.1, -0.05) is 36.4 Å². The number of rotatable bonds is 7. The van der Waals surface area contributed by atoms with Crippen molar-refractivity contribution >= 4 is 57.5 Å². The molecule has 0 atom stereocenters. The first-order valence-corrected chi connectivity index (χ1v) is 12.7. The quantitative estimate of drug-likeness (QED) is 0.139. The number of hydrogen-bond donors (Lipinski definition) is 0. The number of nitrogens with zero attached hydrogens (tertiary/aromatic N) is 1. The van der Waals surface area contributed by atoms with Crippen molar-refractivity contribution in [1.29, 1.82) is 0 Å². The molecule has 0 unspecified atom stereocenters. The molecular weight excluding hydrogens is 577 g/mol. The zero-order chi connectivity index (χ0) is 24.9. The lowest BCUT2D eigenvalue weighted by Crippen LogP contribution is -2.32. The van der Waals surface area contributed by atoms with Crippen LogP contribution in [0.2, 0.25) is 0 Å². The van der Waals surface area contributed by atoms with Crippen molar-refractivity contribution in [2.75, 3.05) is 13.2 Å². The number of hydrogen-bond acceptors (Lipinski definition) is 6. The molecule has 3 aromatic carbocycles. The van der Waals surface area contributed by atoms with E-state index in [1.165, 1.54) is 4.90 Å². The lowest BCUT2D eigenvalue weighted by Gasteiger charge is -2.14. The minimum Gasteiger partial charge on any atom is -0.491 e. The topological polar surface area (TPSA) is 72.9 Å². The summed E-state index contributed by atoms with van der Waals surface area (Å²) in [4.78, 5) is 39.1. The molecule has 0 bridgehead atoms. The van der Waals surface area contributed by atoms with Gasteiger partial charge in [0.05, 0.1) is 17.0 Å². The molecule has 4 rings (SSSR count). The molecule has 0 saturated carbocycles. The molecule has 0 aromatic heterocycles. The molecule has 1 saturated heterocycles. The molecule has 0 aliphatic carbocycles. The molecule has 3 aromatic rings. The number of benzene rings is 3. The maximum Gasteiger partial charge on any atom is 0.344 e. The van der Waals surface area contributed by atoms with E-state index in [0.29, 0.717) is 16.2 Å². The van der Waals surface area contributed by atoms with Crippen LogP contribution in [0.15, 0.2) is 71.6 Å². The summed E-state index contributed by atoms with van der Waals surface area (Å²) < 4.78 is 12.0. The van der Waals surface area contributed by atoms with Crippen LogP contribution in [0.5, 0.6) is 11.5 Å². The van der Waals surface area contributed by atoms with E-state index >= 15 is 0 Å². The van der Waals surface area contributed by atoms with Crippen LogP contribution < -0.4 is 9.47 Å². The predicted molar refractivity (Wildman–Crippen MR) is 145 cm³/mol. The van der Waals surface area contributed by atoms with Gasteiger partial charge in [0.25, 0.3) is 11.1 Å². The number of halogens is 1. The smallest absolute Gasteiger partial charge is 0.344 e. The molecule has 178 valence electrons. The minimum atomic E-state index is -0.438. The monoisotopic (exact) mass is 599 g/mol. The Morgan fingerprint density at radius 2 is 1.77 bits per heavy atom. The number of imide groups is 1. The largest absolute Gasteiger partial charge is 0.491 e. The predicted octanol–water partition coefficient (Wildman–Crippen LogP) is 6.24. The van der Waals surface area contributed by atoms with Crippen molar-refractivity contribution in [1.82, 2.24) is 4.90 Å². The molecule has 0 N–H and O–H groups in total. The summed E-state index contributed by atoms with van der Waals surface area (Å²) in [5.74, 6) is 0.351. The Labute approximate surface area is 221 Å². The standard InChI is InChI=1S/C27H22INO5S/c1-17-7-8-18(2)23(15-17)33-14-13-29-25(30)24(35-27(29)32)16-19-9-11-20(12-10-19)34-26(31)21-5-3-4-6-22(21)28/h3-12,15-16H,13-14H2,1-2H3/b24-16-. The number of carbonyl (C=O) groups is 3. The Kier molecular flexibility index (Phi) is 7.92. The number of thioether (sulfide) groups is 1. The lowest BCUT2D eigenvalue weighted by molar-refractivity contribution is -0.123. The van der Waals surface area contributed by atoms with Crippen LogP contribution in [-0.4, -0.2) is 35.2 Å². The highest BCUT2D eigenvalue weighted by atomic mass is 127. The zero-order valence-corrected chi connectivity index (χ0v) is 22.1. The maximum absolute atomic E-state index is 12.8. The molecule has 1 heterocycles. The number of esters is 1. The molecule has 2 amide bonds. The van der Waals surface area contributed by atoms with Gasteiger partial charge in [-0.2, -0.15) is 0 Å². The molecule has 1 fully saturated rings. The highest BCUT2D eigenvalue weighted by Crippen LogP contribution is 2.32. The van der Waals surface area contributed by atoms with Crippen LogP contribution >= 0.6 is 34.4 Å². The van der Waals surface area contributed by atoms with Crippen LogP contribution in [-0.2, 0) is 4.79 Å². The first-order chi connectivity index (χ1) is 16.8. The average Bonchev–Trinajstić information content (AvgIpc) is 3.10. The Morgan fingerprint density at radius 1 is 1.03 bits per heavy atom. The van der Waals surface area contributed by atoms with Crippen molar-refractivity contribution in [3.05, 3.63) is 97.5 Å². The first kappa shape index (κ1) is 25.0. The van der Waals surface area contributed by atoms with Gasteiger partial charge in [-0.15, -0.1) is 0 Å². The molecule has 8 heteroatoms. The fraction of sp³-hybridized carbons (Fsp3) is 0.148. The number of ether oxygens (including phenoxy) is 2. The third-order valence-corrected chi connectivity index (χ3v) is 7.12. The SMILES string of the molecule is Cc1ccc(C)c(OCCN2C(=O)S/C(=C\c3ccc(OC(=O)c4ccccc4I)cc3)C2=O)c1. The molecule has 35 heavy (non-hydrogen) atoms. The third-order valence-electron chi connectivity index (χ3n) is 5.27. The van der Waals surface area contributed by atoms with E-state index in [9.17, 15) is 14.4 Å². The zero-order valence-electron chi connectivity index (χ0n) is 19.1. The van der Waals surface area contributed by atoms with Crippen LogP contribution in [0.4, 0.5) is 4.79 Å². The van der Waals surface area contributed by atoms with E-state index in [0.717, 1.165) is 37.8 Å². The minimum absolute atomic E-state index is 0.169. The van der Waals surface area contributed by atoms with Crippen molar-refractivity contribution in [2.45, 2.75) is 13.8 Å². The van der Waals surface area contributed by atoms with Gasteiger partial charge in [0.2, 0.25) is 0 Å². The van der Waals surface area contributed by atoms with Crippen LogP contribution in [0.3, 0.4) is 0 Å². The number of carbonyl (C=O) groups excluding carboxylic acids is 3. The fourth-order valence-electron chi connectivity index (χ4n) is 3.37. The summed E-state index contributed by atoms with van der Waals surface area (Å²) in [6.07, 6.45) is 1.65. The van der Waals surface area contributed by atoms with Gasteiger partial charge in [-0.25, -0.2) is 4.79 Å². The van der Waals surface area contributed by atoms with E-state index in [-0.39, 0.29) is 24.3 Å². The van der Waals surface area contributed by atoms with E-state index in [2.05, 4.69) is 22.6 Å². The maximum atomic E-state index is 12.8. The van der Waals surface area contributed by atoms with Crippen molar-refractivity contribution in [2.24, 2.45) is 0 Å². The summed E-state index contributed by atoms with van der Waals surface area (Å²) in [7, 11) is 0. The van der Waals surface area contributed by atoms with Crippen LogP contribution in [0.25, 0.3) is 6.08 Å². The lowest BCUT2D eigenvalue weighted by atomic mass is 10.1. The van der Waals surface area contributed by atoms with Crippen LogP contribution in [0, 0.1) is 17.4 Å². The first-order valence-electron chi connectivity index (χ1n) is 10.8. The van der Waals surface area contributed by atoms with Gasteiger partial charge < -0.3 is 9.47 Å². The normalized spacial score (nSPS) is 14.5. The molecule has 1 aliphatic heterocycles. The Morgan fingerprint density at radius 3 is 2.51 bits per heavy atom. The molecule has 1 aliphatic rings. The summed E-state index contributed by atoms with van der Waals surface area (Å²) in [6.45, 7) is 4.32. The van der Waals surface area contributed by atoms with Gasteiger partial charge in [-0.05, 0) is 101 Å². The van der Waals surface area contributed by atoms with Crippen molar-refractivity contribution in [3.8, 4) is 11.5 Å². The van der Waals surface area contributed by atoms with E-state index in [1.807, 2.05) is 44.2 Å². The van der Waals surface area contributed by atoms with Gasteiger partial charge in [0, 0.05) is 3.57 Å². The Balaban J connectivity index is 1.36. The van der Waals surface area contributed by atoms with E-state index < -0.39 is 5.97 Å². The van der Waals surface area contributed by atoms with E-state index in [4.69, 9.17) is 9.47 Å². The van der Waals surface area contributed by atoms with E-state index in [1.54, 1.807) is 42.5 Å².